The zero-order valence-corrected chi connectivity index (χ0v) is 19.9. The monoisotopic (exact) mass is 504 g/mol. The van der Waals surface area contributed by atoms with Crippen LogP contribution in [0.3, 0.4) is 0 Å². The zero-order chi connectivity index (χ0) is 24.8. The predicted octanol–water partition coefficient (Wildman–Crippen LogP) is 5.34. The second-order valence-electron chi connectivity index (χ2n) is 9.02. The fourth-order valence-electron chi connectivity index (χ4n) is 5.00. The Morgan fingerprint density at radius 1 is 1.03 bits per heavy atom. The molecule has 2 aromatic carbocycles. The van der Waals surface area contributed by atoms with Crippen LogP contribution in [0.25, 0.3) is 16.6 Å². The number of hydrogen-bond acceptors (Lipinski definition) is 5. The first kappa shape index (κ1) is 23.9. The molecule has 3 heterocycles. The maximum atomic E-state index is 15.4. The Kier molecular flexibility index (Phi) is 6.18. The molecule has 0 radical (unpaired) electrons. The number of halogens is 4. The van der Waals surface area contributed by atoms with E-state index >= 15 is 4.39 Å². The van der Waals surface area contributed by atoms with Crippen molar-refractivity contribution in [2.45, 2.75) is 31.9 Å². The summed E-state index contributed by atoms with van der Waals surface area (Å²) in [5, 5.41) is 4.86. The maximum Gasteiger partial charge on any atom is 0.418 e. The summed E-state index contributed by atoms with van der Waals surface area (Å²) in [5.74, 6) is -0.895. The minimum absolute atomic E-state index is 0.0414. The first-order valence-corrected chi connectivity index (χ1v) is 13.7. The van der Waals surface area contributed by atoms with E-state index < -0.39 is 30.0 Å². The van der Waals surface area contributed by atoms with Crippen molar-refractivity contribution < 1.29 is 22.1 Å². The molecule has 5 rings (SSSR count). The van der Waals surface area contributed by atoms with Gasteiger partial charge in [0.15, 0.2) is 0 Å². The van der Waals surface area contributed by atoms with Gasteiger partial charge in [0, 0.05) is 49.2 Å². The van der Waals surface area contributed by atoms with Gasteiger partial charge in [0.2, 0.25) is 0 Å². The van der Waals surface area contributed by atoms with Crippen molar-refractivity contribution in [3.05, 3.63) is 65.2 Å². The lowest BCUT2D eigenvalue weighted by molar-refractivity contribution is -0.135. The van der Waals surface area contributed by atoms with Crippen molar-refractivity contribution >= 4 is 34.9 Å². The number of hydrogen-bond donors (Lipinski definition) is 2. The molecule has 1 saturated heterocycles. The Morgan fingerprint density at radius 3 is 2.49 bits per heavy atom. The summed E-state index contributed by atoms with van der Waals surface area (Å²) in [5.41, 5.74) is 0.792. The fraction of sp³-hybridized carbons (Fsp3) is 0.360. The van der Waals surface area contributed by atoms with E-state index in [0.29, 0.717) is 17.9 Å². The minimum atomic E-state index is -4.97. The van der Waals surface area contributed by atoms with Crippen LogP contribution in [0.4, 0.5) is 23.4 Å². The lowest BCUT2D eigenvalue weighted by Gasteiger charge is -2.28. The largest absolute Gasteiger partial charge is 0.418 e. The number of benzene rings is 2. The van der Waals surface area contributed by atoms with Crippen LogP contribution in [-0.2, 0) is 23.6 Å². The highest BCUT2D eigenvalue weighted by molar-refractivity contribution is 7.71. The van der Waals surface area contributed by atoms with Gasteiger partial charge in [-0.15, -0.1) is 0 Å². The molecule has 0 atom stereocenters. The average Bonchev–Trinajstić information content (AvgIpc) is 2.82. The van der Waals surface area contributed by atoms with E-state index in [1.54, 1.807) is 0 Å². The number of aryl methyl sites for hydroxylation is 2. The van der Waals surface area contributed by atoms with Gasteiger partial charge in [-0.25, -0.2) is 14.4 Å². The zero-order valence-electron chi connectivity index (χ0n) is 19.0. The normalized spacial score (nSPS) is 18.5. The number of nitrogens with one attached hydrogen (secondary N) is 2. The maximum absolute atomic E-state index is 15.4. The standard InChI is InChI=1S/C25H25F4N4OP/c1-15-17-8-4-2-6-16(17)7-3-5-9-20-32-19-14-18(26)23(35(34)12-10-30-11-13-35)22(25(27,28)29)21(19)24(31-15)33-20/h2,4,6,8,14,30H,1,3,5,7,9-13H2,(H,31,32,33). The van der Waals surface area contributed by atoms with Crippen LogP contribution in [0.1, 0.15) is 35.4 Å². The van der Waals surface area contributed by atoms with Crippen LogP contribution in [0.2, 0.25) is 0 Å². The number of alkyl halides is 3. The number of fused-ring (bicyclic) bond motifs is 5. The molecule has 10 heteroatoms. The molecule has 0 amide bonds. The first-order valence-electron chi connectivity index (χ1n) is 11.6. The van der Waals surface area contributed by atoms with Crippen molar-refractivity contribution in [3.8, 4) is 0 Å². The van der Waals surface area contributed by atoms with Crippen molar-refractivity contribution in [3.63, 3.8) is 0 Å². The molecular formula is C25H25F4N4OP. The van der Waals surface area contributed by atoms with E-state index in [-0.39, 0.29) is 42.1 Å². The van der Waals surface area contributed by atoms with Crippen molar-refractivity contribution in [1.82, 2.24) is 15.3 Å². The second-order valence-corrected chi connectivity index (χ2v) is 12.1. The molecule has 0 unspecified atom stereocenters. The third-order valence-electron chi connectivity index (χ3n) is 6.66. The lowest BCUT2D eigenvalue weighted by Crippen LogP contribution is -2.35. The fourth-order valence-corrected chi connectivity index (χ4v) is 7.81. The van der Waals surface area contributed by atoms with Gasteiger partial charge in [0.25, 0.3) is 0 Å². The van der Waals surface area contributed by atoms with Gasteiger partial charge in [0.1, 0.15) is 24.6 Å². The first-order chi connectivity index (χ1) is 16.7. The van der Waals surface area contributed by atoms with Gasteiger partial charge in [0.05, 0.1) is 21.8 Å². The SMILES string of the molecule is C=C1Nc2nc(nc3cc(F)c(P4(=O)CCNCC4)c(C(F)(F)F)c23)CCCCc2ccccc21. The summed E-state index contributed by atoms with van der Waals surface area (Å²) < 4.78 is 73.0. The molecule has 2 aliphatic rings. The highest BCUT2D eigenvalue weighted by atomic mass is 31.2. The minimum Gasteiger partial charge on any atom is -0.340 e. The third kappa shape index (κ3) is 4.47. The summed E-state index contributed by atoms with van der Waals surface area (Å²) in [6.07, 6.45) is -2.28. The molecule has 0 aliphatic carbocycles. The smallest absolute Gasteiger partial charge is 0.340 e. The van der Waals surface area contributed by atoms with Gasteiger partial charge in [-0.1, -0.05) is 30.8 Å². The average molecular weight is 504 g/mol. The topological polar surface area (TPSA) is 66.9 Å². The molecule has 0 saturated carbocycles. The van der Waals surface area contributed by atoms with Gasteiger partial charge >= 0.3 is 6.18 Å². The van der Waals surface area contributed by atoms with Crippen LogP contribution in [-0.4, -0.2) is 35.4 Å². The quantitative estimate of drug-likeness (QED) is 0.346. The van der Waals surface area contributed by atoms with Crippen LogP contribution in [0, 0.1) is 5.82 Å². The predicted molar refractivity (Wildman–Crippen MR) is 130 cm³/mol. The van der Waals surface area contributed by atoms with Crippen LogP contribution in [0.5, 0.6) is 0 Å². The molecule has 2 bridgehead atoms. The Bertz CT molecular complexity index is 1360. The summed E-state index contributed by atoms with van der Waals surface area (Å²) in [7, 11) is -3.64. The molecule has 35 heavy (non-hydrogen) atoms. The van der Waals surface area contributed by atoms with E-state index in [1.165, 1.54) is 0 Å². The Balaban J connectivity index is 1.80. The van der Waals surface area contributed by atoms with E-state index in [1.807, 2.05) is 24.3 Å². The van der Waals surface area contributed by atoms with Gasteiger partial charge in [-0.3, -0.25) is 0 Å². The van der Waals surface area contributed by atoms with E-state index in [2.05, 4.69) is 27.2 Å². The van der Waals surface area contributed by atoms with E-state index in [4.69, 9.17) is 0 Å². The molecule has 184 valence electrons. The van der Waals surface area contributed by atoms with Crippen LogP contribution >= 0.6 is 7.14 Å². The second kappa shape index (κ2) is 9.03. The van der Waals surface area contributed by atoms with Crippen molar-refractivity contribution in [1.29, 1.82) is 0 Å². The van der Waals surface area contributed by atoms with Gasteiger partial charge < -0.3 is 15.2 Å². The van der Waals surface area contributed by atoms with Crippen molar-refractivity contribution in [2.24, 2.45) is 0 Å². The highest BCUT2D eigenvalue weighted by Gasteiger charge is 2.44. The summed E-state index contributed by atoms with van der Waals surface area (Å²) in [4.78, 5) is 8.74. The van der Waals surface area contributed by atoms with Crippen molar-refractivity contribution in [2.75, 3.05) is 30.7 Å². The number of nitrogens with zero attached hydrogens (tertiary/aromatic N) is 2. The lowest BCUT2D eigenvalue weighted by atomic mass is 9.99. The van der Waals surface area contributed by atoms with E-state index in [0.717, 1.165) is 36.5 Å². The van der Waals surface area contributed by atoms with Crippen LogP contribution < -0.4 is 15.9 Å². The Labute approximate surface area is 200 Å². The molecule has 3 aromatic rings. The highest BCUT2D eigenvalue weighted by Crippen LogP contribution is 2.51. The molecule has 0 spiro atoms. The molecule has 5 nitrogen and oxygen atoms in total. The summed E-state index contributed by atoms with van der Waals surface area (Å²) >= 11 is 0. The molecule has 2 aliphatic heterocycles. The molecule has 1 fully saturated rings. The molecule has 1 aromatic heterocycles. The number of anilines is 1. The Morgan fingerprint density at radius 2 is 1.74 bits per heavy atom. The van der Waals surface area contributed by atoms with Gasteiger partial charge in [-0.2, -0.15) is 13.2 Å². The summed E-state index contributed by atoms with van der Waals surface area (Å²) in [6.45, 7) is 4.59. The molecular weight excluding hydrogens is 479 g/mol. The summed E-state index contributed by atoms with van der Waals surface area (Å²) in [6, 6.07) is 8.56. The Hall–Kier alpha value is -2.77. The van der Waals surface area contributed by atoms with E-state index in [9.17, 15) is 17.7 Å². The third-order valence-corrected chi connectivity index (χ3v) is 9.80. The molecule has 2 N–H and O–H groups in total. The number of rotatable bonds is 1. The van der Waals surface area contributed by atoms with Gasteiger partial charge in [-0.05, 0) is 24.8 Å². The van der Waals surface area contributed by atoms with Crippen LogP contribution in [0.15, 0.2) is 36.9 Å². The number of aromatic nitrogens is 2.